The van der Waals surface area contributed by atoms with Crippen LogP contribution in [-0.4, -0.2) is 33.1 Å². The van der Waals surface area contributed by atoms with Gasteiger partial charge < -0.3 is 4.74 Å². The second-order valence-electron chi connectivity index (χ2n) is 4.32. The molecule has 0 aliphatic carbocycles. The van der Waals surface area contributed by atoms with E-state index in [1.165, 1.54) is 25.3 Å². The van der Waals surface area contributed by atoms with Crippen molar-refractivity contribution in [3.05, 3.63) is 39.9 Å². The van der Waals surface area contributed by atoms with Crippen molar-refractivity contribution in [1.29, 1.82) is 0 Å². The van der Waals surface area contributed by atoms with Crippen LogP contribution >= 0.6 is 0 Å². The average molecular weight is 302 g/mol. The molecule has 7 nitrogen and oxygen atoms in total. The van der Waals surface area contributed by atoms with Gasteiger partial charge in [-0.25, -0.2) is 13.1 Å². The largest absolute Gasteiger partial charge is 0.383 e. The molecule has 1 rings (SSSR count). The zero-order valence-corrected chi connectivity index (χ0v) is 12.2. The molecule has 112 valence electrons. The minimum Gasteiger partial charge on any atom is -0.383 e. The number of methoxy groups -OCH3 is 1. The van der Waals surface area contributed by atoms with Crippen LogP contribution in [0.3, 0.4) is 0 Å². The van der Waals surface area contributed by atoms with E-state index in [1.54, 1.807) is 6.07 Å². The number of rotatable bonds is 8. The summed E-state index contributed by atoms with van der Waals surface area (Å²) in [5, 5.41) is 10.9. The number of nitro groups is 1. The maximum Gasteiger partial charge on any atom is 0.273 e. The third-order valence-corrected chi connectivity index (χ3v) is 4.12. The van der Waals surface area contributed by atoms with Crippen LogP contribution in [0.15, 0.2) is 24.3 Å². The second kappa shape index (κ2) is 7.32. The number of nitrogens with one attached hydrogen (secondary N) is 1. The van der Waals surface area contributed by atoms with Gasteiger partial charge in [0.15, 0.2) is 0 Å². The molecule has 1 N–H and O–H groups in total. The fourth-order valence-electron chi connectivity index (χ4n) is 1.75. The summed E-state index contributed by atoms with van der Waals surface area (Å²) in [5.41, 5.74) is -0.0325. The first-order valence-electron chi connectivity index (χ1n) is 6.10. The predicted octanol–water partition coefficient (Wildman–Crippen LogP) is 1.44. The Morgan fingerprint density at radius 3 is 2.60 bits per heavy atom. The number of nitrogens with zero attached hydrogens (tertiary/aromatic N) is 1. The number of sulfonamides is 1. The van der Waals surface area contributed by atoms with Crippen LogP contribution in [0, 0.1) is 10.1 Å². The Morgan fingerprint density at radius 1 is 1.40 bits per heavy atom. The molecule has 0 bridgehead atoms. The molecule has 0 aliphatic heterocycles. The van der Waals surface area contributed by atoms with E-state index in [2.05, 4.69) is 4.72 Å². The molecule has 8 heteroatoms. The summed E-state index contributed by atoms with van der Waals surface area (Å²) in [6, 6.07) is 5.46. The first-order chi connectivity index (χ1) is 9.39. The molecule has 0 saturated heterocycles. The highest BCUT2D eigenvalue weighted by Gasteiger charge is 2.22. The normalized spacial score (nSPS) is 13.1. The van der Waals surface area contributed by atoms with Crippen molar-refractivity contribution in [3.63, 3.8) is 0 Å². The smallest absolute Gasteiger partial charge is 0.273 e. The molecule has 1 aromatic rings. The van der Waals surface area contributed by atoms with Gasteiger partial charge >= 0.3 is 0 Å². The van der Waals surface area contributed by atoms with Gasteiger partial charge in [0.25, 0.3) is 5.69 Å². The van der Waals surface area contributed by atoms with Gasteiger partial charge in [-0.2, -0.15) is 0 Å². The number of para-hydroxylation sites is 1. The Kier molecular flexibility index (Phi) is 6.05. The average Bonchev–Trinajstić information content (AvgIpc) is 2.37. The van der Waals surface area contributed by atoms with E-state index in [4.69, 9.17) is 4.74 Å². The third kappa shape index (κ3) is 4.87. The molecule has 0 aromatic heterocycles. The molecule has 0 spiro atoms. The quantitative estimate of drug-likeness (QED) is 0.578. The highest BCUT2D eigenvalue weighted by molar-refractivity contribution is 7.88. The molecule has 1 aromatic carbocycles. The lowest BCUT2D eigenvalue weighted by molar-refractivity contribution is -0.385. The Labute approximate surface area is 118 Å². The Hall–Kier alpha value is -1.51. The third-order valence-electron chi connectivity index (χ3n) is 2.74. The van der Waals surface area contributed by atoms with Gasteiger partial charge in [0.05, 0.1) is 17.3 Å². The van der Waals surface area contributed by atoms with Gasteiger partial charge in [-0.05, 0) is 6.42 Å². The van der Waals surface area contributed by atoms with Crippen LogP contribution < -0.4 is 4.72 Å². The first-order valence-corrected chi connectivity index (χ1v) is 7.76. The van der Waals surface area contributed by atoms with E-state index in [0.717, 1.165) is 0 Å². The van der Waals surface area contributed by atoms with Crippen molar-refractivity contribution >= 4 is 15.7 Å². The van der Waals surface area contributed by atoms with Crippen LogP contribution in [-0.2, 0) is 20.5 Å². The van der Waals surface area contributed by atoms with E-state index >= 15 is 0 Å². The maximum absolute atomic E-state index is 12.0. The van der Waals surface area contributed by atoms with Crippen molar-refractivity contribution in [2.24, 2.45) is 0 Å². The molecular weight excluding hydrogens is 284 g/mol. The molecule has 1 unspecified atom stereocenters. The van der Waals surface area contributed by atoms with Crippen molar-refractivity contribution in [1.82, 2.24) is 4.72 Å². The molecule has 0 heterocycles. The van der Waals surface area contributed by atoms with Gasteiger partial charge in [-0.15, -0.1) is 0 Å². The fraction of sp³-hybridized carbons (Fsp3) is 0.500. The van der Waals surface area contributed by atoms with Gasteiger partial charge in [-0.1, -0.05) is 25.1 Å². The summed E-state index contributed by atoms with van der Waals surface area (Å²) in [6.45, 7) is 2.09. The summed E-state index contributed by atoms with van der Waals surface area (Å²) in [6.07, 6.45) is 0.573. The lowest BCUT2D eigenvalue weighted by atomic mass is 10.2. The summed E-state index contributed by atoms with van der Waals surface area (Å²) in [5.74, 6) is -0.426. The molecule has 0 fully saturated rings. The van der Waals surface area contributed by atoms with Gasteiger partial charge in [0.2, 0.25) is 10.0 Å². The zero-order valence-electron chi connectivity index (χ0n) is 11.4. The number of benzene rings is 1. The molecule has 20 heavy (non-hydrogen) atoms. The lowest BCUT2D eigenvalue weighted by Crippen LogP contribution is -2.38. The summed E-state index contributed by atoms with van der Waals surface area (Å²) < 4.78 is 31.5. The minimum atomic E-state index is -3.66. The van der Waals surface area contributed by atoms with Gasteiger partial charge in [0, 0.05) is 24.8 Å². The zero-order chi connectivity index (χ0) is 15.2. The fourth-order valence-corrected chi connectivity index (χ4v) is 3.23. The first kappa shape index (κ1) is 16.5. The van der Waals surface area contributed by atoms with E-state index in [-0.39, 0.29) is 23.9 Å². The van der Waals surface area contributed by atoms with E-state index in [1.807, 2.05) is 6.92 Å². The lowest BCUT2D eigenvalue weighted by Gasteiger charge is -2.16. The Morgan fingerprint density at radius 2 is 2.05 bits per heavy atom. The van der Waals surface area contributed by atoms with E-state index in [9.17, 15) is 18.5 Å². The van der Waals surface area contributed by atoms with Crippen molar-refractivity contribution < 1.29 is 18.1 Å². The van der Waals surface area contributed by atoms with Gasteiger partial charge in [0.1, 0.15) is 0 Å². The van der Waals surface area contributed by atoms with Crippen LogP contribution in [0.5, 0.6) is 0 Å². The van der Waals surface area contributed by atoms with E-state index < -0.39 is 20.7 Å². The van der Waals surface area contributed by atoms with E-state index in [0.29, 0.717) is 6.42 Å². The molecule has 1 atom stereocenters. The number of ether oxygens (including phenoxy) is 1. The highest BCUT2D eigenvalue weighted by Crippen LogP contribution is 2.19. The maximum atomic E-state index is 12.0. The highest BCUT2D eigenvalue weighted by atomic mass is 32.2. The molecule has 0 amide bonds. The number of hydrogen-bond acceptors (Lipinski definition) is 5. The monoisotopic (exact) mass is 302 g/mol. The Bertz CT molecular complexity index is 559. The van der Waals surface area contributed by atoms with Crippen LogP contribution in [0.2, 0.25) is 0 Å². The van der Waals surface area contributed by atoms with Crippen LogP contribution in [0.4, 0.5) is 5.69 Å². The SMILES string of the molecule is CCC(COC)NS(=O)(=O)Cc1ccccc1[N+](=O)[O-]. The number of hydrogen-bond donors (Lipinski definition) is 1. The van der Waals surface area contributed by atoms with Crippen molar-refractivity contribution in [2.75, 3.05) is 13.7 Å². The number of nitro benzene ring substituents is 1. The Balaban J connectivity index is 2.89. The summed E-state index contributed by atoms with van der Waals surface area (Å²) in [7, 11) is -2.17. The summed E-state index contributed by atoms with van der Waals surface area (Å²) >= 11 is 0. The molecule has 0 radical (unpaired) electrons. The van der Waals surface area contributed by atoms with Crippen molar-refractivity contribution in [2.45, 2.75) is 25.1 Å². The molecule has 0 saturated carbocycles. The minimum absolute atomic E-state index is 0.164. The topological polar surface area (TPSA) is 98.5 Å². The molecule has 0 aliphatic rings. The van der Waals surface area contributed by atoms with Crippen LogP contribution in [0.1, 0.15) is 18.9 Å². The van der Waals surface area contributed by atoms with Gasteiger partial charge in [-0.3, -0.25) is 10.1 Å². The summed E-state index contributed by atoms with van der Waals surface area (Å²) in [4.78, 5) is 10.3. The predicted molar refractivity (Wildman–Crippen MR) is 74.8 cm³/mol. The standard InChI is InChI=1S/C12H18N2O5S/c1-3-11(8-19-2)13-20(17,18)9-10-6-4-5-7-12(10)14(15)16/h4-7,11,13H,3,8-9H2,1-2H3. The van der Waals surface area contributed by atoms with Crippen molar-refractivity contribution in [3.8, 4) is 0 Å². The second-order valence-corrected chi connectivity index (χ2v) is 6.08. The molecular formula is C12H18N2O5S. The van der Waals surface area contributed by atoms with Crippen LogP contribution in [0.25, 0.3) is 0 Å².